The monoisotopic (exact) mass is 362 g/mol. The summed E-state index contributed by atoms with van der Waals surface area (Å²) in [4.78, 5) is 10.00. The van der Waals surface area contributed by atoms with Crippen LogP contribution in [0.5, 0.6) is 0 Å². The normalized spacial score (nSPS) is 23.3. The van der Waals surface area contributed by atoms with Crippen molar-refractivity contribution in [2.75, 3.05) is 26.7 Å². The zero-order valence-electron chi connectivity index (χ0n) is 14.1. The van der Waals surface area contributed by atoms with E-state index in [4.69, 9.17) is 11.6 Å². The standard InChI is InChI=1S/C8H8ClN3O3S.C6H15N/c1-5-3-10-8-11-7(16(13,14)15)6(9)12(8,2)4-5;1-4-7(5-2)6-3/h3-4H,1-2H3;4-6H2,1-3H3. The minimum atomic E-state index is -4.67. The molecule has 23 heavy (non-hydrogen) atoms. The molecule has 0 aromatic heterocycles. The van der Waals surface area contributed by atoms with Crippen LogP contribution in [-0.2, 0) is 10.1 Å². The average Bonchev–Trinajstić information content (AvgIpc) is 2.73. The molecule has 1 atom stereocenters. The Morgan fingerprint density at radius 1 is 1.26 bits per heavy atom. The predicted octanol–water partition coefficient (Wildman–Crippen LogP) is 2.05. The number of rotatable bonds is 4. The van der Waals surface area contributed by atoms with Crippen molar-refractivity contribution in [1.29, 1.82) is 0 Å². The molecule has 0 saturated heterocycles. The highest BCUT2D eigenvalue weighted by molar-refractivity contribution is 7.89. The molecule has 130 valence electrons. The van der Waals surface area contributed by atoms with E-state index in [-0.39, 0.29) is 15.6 Å². The van der Waals surface area contributed by atoms with E-state index in [0.29, 0.717) is 0 Å². The Morgan fingerprint density at radius 2 is 1.78 bits per heavy atom. The smallest absolute Gasteiger partial charge is 0.340 e. The van der Waals surface area contributed by atoms with Gasteiger partial charge < -0.3 is 9.45 Å². The van der Waals surface area contributed by atoms with Gasteiger partial charge in [-0.3, -0.25) is 0 Å². The van der Waals surface area contributed by atoms with Gasteiger partial charge in [0, 0.05) is 11.8 Å². The fourth-order valence-electron chi connectivity index (χ4n) is 2.22. The van der Waals surface area contributed by atoms with Crippen LogP contribution in [0.1, 0.15) is 27.7 Å². The molecule has 2 rings (SSSR count). The summed E-state index contributed by atoms with van der Waals surface area (Å²) >= 11 is 5.88. The van der Waals surface area contributed by atoms with Crippen molar-refractivity contribution in [2.24, 2.45) is 9.98 Å². The lowest BCUT2D eigenvalue weighted by Crippen LogP contribution is -2.40. The number of fused-ring (bicyclic) bond motifs is 1. The van der Waals surface area contributed by atoms with Gasteiger partial charge in [-0.2, -0.15) is 14.5 Å². The summed E-state index contributed by atoms with van der Waals surface area (Å²) in [5.74, 6) is 0.171. The summed E-state index contributed by atoms with van der Waals surface area (Å²) in [7, 11) is -3.06. The number of quaternary nitrogens is 1. The van der Waals surface area contributed by atoms with Crippen LogP contribution in [0, 0.1) is 0 Å². The molecule has 2 aliphatic rings. The van der Waals surface area contributed by atoms with Crippen molar-refractivity contribution >= 4 is 33.9 Å². The third-order valence-electron chi connectivity index (χ3n) is 3.63. The van der Waals surface area contributed by atoms with E-state index in [1.165, 1.54) is 25.8 Å². The third-order valence-corrected chi connectivity index (χ3v) is 5.03. The number of aliphatic imine (C=N–C) groups is 2. The number of nitrogens with zero attached hydrogens (tertiary/aromatic N) is 4. The van der Waals surface area contributed by atoms with Crippen molar-refractivity contribution in [3.8, 4) is 0 Å². The van der Waals surface area contributed by atoms with Gasteiger partial charge in [0.05, 0.1) is 7.05 Å². The lowest BCUT2D eigenvalue weighted by atomic mass is 10.3. The van der Waals surface area contributed by atoms with Crippen LogP contribution in [0.15, 0.2) is 31.9 Å². The molecule has 0 saturated carbocycles. The van der Waals surface area contributed by atoms with Gasteiger partial charge in [-0.1, -0.05) is 20.8 Å². The summed E-state index contributed by atoms with van der Waals surface area (Å²) < 4.78 is 32.6. The molecule has 1 unspecified atom stereocenters. The fraction of sp³-hybridized carbons (Fsp3) is 0.571. The predicted molar refractivity (Wildman–Crippen MR) is 91.9 cm³/mol. The Balaban J connectivity index is 0.000000322. The van der Waals surface area contributed by atoms with E-state index < -0.39 is 15.1 Å². The Morgan fingerprint density at radius 3 is 2.17 bits per heavy atom. The van der Waals surface area contributed by atoms with Gasteiger partial charge >= 0.3 is 5.96 Å². The van der Waals surface area contributed by atoms with Gasteiger partial charge in [0.25, 0.3) is 5.16 Å². The molecule has 0 aromatic carbocycles. The van der Waals surface area contributed by atoms with Crippen LogP contribution in [0.2, 0.25) is 0 Å². The molecule has 0 fully saturated rings. The van der Waals surface area contributed by atoms with Gasteiger partial charge in [0.2, 0.25) is 5.03 Å². The van der Waals surface area contributed by atoms with Crippen LogP contribution in [0.25, 0.3) is 0 Å². The number of allylic oxidation sites excluding steroid dienone is 1. The topological polar surface area (TPSA) is 85.2 Å². The molecule has 0 spiro atoms. The molecular weight excluding hydrogens is 340 g/mol. The highest BCUT2D eigenvalue weighted by Gasteiger charge is 2.44. The molecule has 7 nitrogen and oxygen atoms in total. The molecule has 0 aliphatic carbocycles. The molecular formula is C14H23ClN4O3S. The minimum absolute atomic E-state index is 0.152. The van der Waals surface area contributed by atoms with E-state index in [2.05, 4.69) is 35.7 Å². The number of halogens is 1. The average molecular weight is 363 g/mol. The van der Waals surface area contributed by atoms with E-state index in [9.17, 15) is 13.0 Å². The lowest BCUT2D eigenvalue weighted by Gasteiger charge is -2.25. The van der Waals surface area contributed by atoms with Crippen molar-refractivity contribution in [2.45, 2.75) is 27.7 Å². The van der Waals surface area contributed by atoms with Crippen LogP contribution in [0.4, 0.5) is 0 Å². The van der Waals surface area contributed by atoms with E-state index in [1.54, 1.807) is 20.2 Å². The molecule has 0 radical (unpaired) electrons. The Hall–Kier alpha value is -1.06. The molecule has 0 N–H and O–H groups in total. The first-order valence-corrected chi connectivity index (χ1v) is 9.16. The maximum absolute atomic E-state index is 10.9. The van der Waals surface area contributed by atoms with E-state index >= 15 is 0 Å². The number of guanidine groups is 1. The summed E-state index contributed by atoms with van der Waals surface area (Å²) in [6.07, 6.45) is 3.20. The van der Waals surface area contributed by atoms with Gasteiger partial charge in [-0.15, -0.1) is 0 Å². The lowest BCUT2D eigenvalue weighted by molar-refractivity contribution is -0.714. The van der Waals surface area contributed by atoms with Crippen LogP contribution in [0.3, 0.4) is 0 Å². The second-order valence-corrected chi connectivity index (χ2v) is 6.94. The maximum atomic E-state index is 10.9. The minimum Gasteiger partial charge on any atom is -0.743 e. The molecule has 9 heteroatoms. The largest absolute Gasteiger partial charge is 0.743 e. The van der Waals surface area contributed by atoms with E-state index in [1.807, 2.05) is 0 Å². The summed E-state index contributed by atoms with van der Waals surface area (Å²) in [5, 5.41) is -0.809. The molecule has 0 bridgehead atoms. The summed E-state index contributed by atoms with van der Waals surface area (Å²) in [5.41, 5.74) is 0.809. The van der Waals surface area contributed by atoms with Crippen molar-refractivity contribution in [1.82, 2.24) is 4.90 Å². The molecule has 2 aliphatic heterocycles. The second-order valence-electron chi connectivity index (χ2n) is 5.29. The quantitative estimate of drug-likeness (QED) is 0.435. The highest BCUT2D eigenvalue weighted by atomic mass is 35.5. The zero-order valence-corrected chi connectivity index (χ0v) is 15.6. The first kappa shape index (κ1) is 20.0. The van der Waals surface area contributed by atoms with Crippen LogP contribution in [-0.4, -0.2) is 61.2 Å². The Labute approximate surface area is 143 Å². The highest BCUT2D eigenvalue weighted by Crippen LogP contribution is 2.36. The van der Waals surface area contributed by atoms with Gasteiger partial charge in [-0.25, -0.2) is 8.42 Å². The maximum Gasteiger partial charge on any atom is 0.340 e. The Kier molecular flexibility index (Phi) is 6.67. The van der Waals surface area contributed by atoms with Crippen LogP contribution < -0.4 is 0 Å². The summed E-state index contributed by atoms with van der Waals surface area (Å²) in [6, 6.07) is 0. The Bertz CT molecular complexity index is 673. The number of hydrogen-bond acceptors (Lipinski definition) is 6. The van der Waals surface area contributed by atoms with E-state index in [0.717, 1.165) is 5.57 Å². The zero-order chi connectivity index (χ0) is 17.8. The fourth-order valence-corrected chi connectivity index (χ4v) is 3.26. The third kappa shape index (κ3) is 4.48. The first-order valence-electron chi connectivity index (χ1n) is 7.37. The van der Waals surface area contributed by atoms with Crippen molar-refractivity contribution in [3.63, 3.8) is 0 Å². The van der Waals surface area contributed by atoms with Gasteiger partial charge in [0.1, 0.15) is 16.3 Å². The molecule has 0 amide bonds. The van der Waals surface area contributed by atoms with Crippen molar-refractivity contribution < 1.29 is 17.5 Å². The number of hydrogen-bond donors (Lipinski definition) is 0. The molecule has 2 heterocycles. The first-order chi connectivity index (χ1) is 10.6. The SMILES string of the molecule is CC1=C[N+]2(C)C(=NC(S(=O)(=O)[O-])=C2Cl)N=C1.CCN(CC)CC. The van der Waals surface area contributed by atoms with Gasteiger partial charge in [0.15, 0.2) is 0 Å². The van der Waals surface area contributed by atoms with Crippen molar-refractivity contribution in [3.05, 3.63) is 22.0 Å². The summed E-state index contributed by atoms with van der Waals surface area (Å²) in [6.45, 7) is 11.9. The van der Waals surface area contributed by atoms with Gasteiger partial charge in [-0.05, 0) is 38.2 Å². The van der Waals surface area contributed by atoms with Crippen LogP contribution >= 0.6 is 11.6 Å². The molecule has 0 aromatic rings. The second kappa shape index (κ2) is 7.67.